The Morgan fingerprint density at radius 1 is 1.26 bits per heavy atom. The van der Waals surface area contributed by atoms with Gasteiger partial charge in [0, 0.05) is 24.0 Å². The second-order valence-corrected chi connectivity index (χ2v) is 5.46. The highest BCUT2D eigenvalue weighted by Crippen LogP contribution is 2.21. The maximum absolute atomic E-state index is 5.91. The Labute approximate surface area is 120 Å². The average Bonchev–Trinajstić information content (AvgIpc) is 2.46. The van der Waals surface area contributed by atoms with E-state index in [1.54, 1.807) is 0 Å². The number of nitrogens with zero attached hydrogens (tertiary/aromatic N) is 1. The molecule has 0 amide bonds. The van der Waals surface area contributed by atoms with Crippen LogP contribution in [0.2, 0.25) is 5.02 Å². The van der Waals surface area contributed by atoms with E-state index in [0.29, 0.717) is 6.04 Å². The summed E-state index contributed by atoms with van der Waals surface area (Å²) in [5.41, 5.74) is 1.28. The number of hydrogen-bond acceptors (Lipinski definition) is 3. The first kappa shape index (κ1) is 14.8. The average molecular weight is 284 g/mol. The summed E-state index contributed by atoms with van der Waals surface area (Å²) >= 11 is 5.91. The molecule has 1 atom stereocenters. The van der Waals surface area contributed by atoms with Gasteiger partial charge in [-0.25, -0.2) is 0 Å². The minimum absolute atomic E-state index is 0.0337. The van der Waals surface area contributed by atoms with Crippen molar-refractivity contribution in [1.29, 1.82) is 0 Å². The molecule has 0 N–H and O–H groups in total. The van der Waals surface area contributed by atoms with Crippen LogP contribution < -0.4 is 0 Å². The number of halogens is 1. The molecule has 0 spiro atoms. The van der Waals surface area contributed by atoms with Crippen molar-refractivity contribution in [2.24, 2.45) is 0 Å². The third kappa shape index (κ3) is 4.46. The van der Waals surface area contributed by atoms with Crippen LogP contribution in [0, 0.1) is 0 Å². The van der Waals surface area contributed by atoms with E-state index in [9.17, 15) is 0 Å². The van der Waals surface area contributed by atoms with Crippen LogP contribution in [0.4, 0.5) is 0 Å². The largest absolute Gasteiger partial charge is 0.353 e. The molecule has 106 valence electrons. The molecule has 3 nitrogen and oxygen atoms in total. The maximum Gasteiger partial charge on any atom is 0.158 e. The number of ether oxygens (including phenoxy) is 2. The molecule has 0 bridgehead atoms. The summed E-state index contributed by atoms with van der Waals surface area (Å²) in [6, 6.07) is 8.40. The van der Waals surface area contributed by atoms with Crippen LogP contribution in [0.25, 0.3) is 0 Å². The predicted molar refractivity (Wildman–Crippen MR) is 77.4 cm³/mol. The molecule has 0 aromatic heterocycles. The summed E-state index contributed by atoms with van der Waals surface area (Å²) in [5.74, 6) is 0. The van der Waals surface area contributed by atoms with Gasteiger partial charge in [0.25, 0.3) is 0 Å². The SMILES string of the molecule is CC(c1ccc(Cl)cc1)N(C)CCC1OCCCO1. The van der Waals surface area contributed by atoms with Gasteiger partial charge >= 0.3 is 0 Å². The molecule has 0 aliphatic carbocycles. The molecule has 1 aliphatic heterocycles. The van der Waals surface area contributed by atoms with Crippen molar-refractivity contribution in [3.05, 3.63) is 34.9 Å². The van der Waals surface area contributed by atoms with Crippen LogP contribution in [-0.4, -0.2) is 38.0 Å². The molecule has 4 heteroatoms. The fourth-order valence-corrected chi connectivity index (χ4v) is 2.33. The molecule has 1 aliphatic rings. The highest BCUT2D eigenvalue weighted by atomic mass is 35.5. The molecular formula is C15H22ClNO2. The van der Waals surface area contributed by atoms with Gasteiger partial charge in [0.2, 0.25) is 0 Å². The molecule has 1 fully saturated rings. The first-order valence-corrected chi connectivity index (χ1v) is 7.23. The molecular weight excluding hydrogens is 262 g/mol. The molecule has 19 heavy (non-hydrogen) atoms. The Hall–Kier alpha value is -0.610. The third-order valence-corrected chi connectivity index (χ3v) is 3.88. The van der Waals surface area contributed by atoms with Crippen LogP contribution in [0.15, 0.2) is 24.3 Å². The van der Waals surface area contributed by atoms with Gasteiger partial charge in [-0.05, 0) is 38.1 Å². The van der Waals surface area contributed by atoms with Crippen molar-refractivity contribution in [3.63, 3.8) is 0 Å². The molecule has 0 radical (unpaired) electrons. The Bertz CT molecular complexity index is 376. The number of rotatable bonds is 5. The van der Waals surface area contributed by atoms with Gasteiger partial charge in [-0.3, -0.25) is 4.90 Å². The lowest BCUT2D eigenvalue weighted by Gasteiger charge is -2.28. The van der Waals surface area contributed by atoms with Gasteiger partial charge in [-0.2, -0.15) is 0 Å². The van der Waals surface area contributed by atoms with Gasteiger partial charge in [0.15, 0.2) is 6.29 Å². The highest BCUT2D eigenvalue weighted by Gasteiger charge is 2.17. The first-order chi connectivity index (χ1) is 9.16. The quantitative estimate of drug-likeness (QED) is 0.826. The van der Waals surface area contributed by atoms with Crippen molar-refractivity contribution in [1.82, 2.24) is 4.90 Å². The minimum Gasteiger partial charge on any atom is -0.353 e. The summed E-state index contributed by atoms with van der Waals surface area (Å²) in [4.78, 5) is 2.31. The second kappa shape index (κ2) is 7.25. The zero-order valence-electron chi connectivity index (χ0n) is 11.6. The Balaban J connectivity index is 1.81. The maximum atomic E-state index is 5.91. The summed E-state index contributed by atoms with van der Waals surface area (Å²) in [7, 11) is 2.13. The van der Waals surface area contributed by atoms with Crippen molar-refractivity contribution in [2.45, 2.75) is 32.1 Å². The van der Waals surface area contributed by atoms with Gasteiger partial charge in [0.1, 0.15) is 0 Å². The topological polar surface area (TPSA) is 21.7 Å². The Morgan fingerprint density at radius 2 is 1.89 bits per heavy atom. The van der Waals surface area contributed by atoms with E-state index >= 15 is 0 Å². The summed E-state index contributed by atoms with van der Waals surface area (Å²) in [6.45, 7) is 4.79. The van der Waals surface area contributed by atoms with Crippen LogP contribution in [0.3, 0.4) is 0 Å². The monoisotopic (exact) mass is 283 g/mol. The number of hydrogen-bond donors (Lipinski definition) is 0. The molecule has 1 saturated heterocycles. The van der Waals surface area contributed by atoms with Gasteiger partial charge < -0.3 is 9.47 Å². The van der Waals surface area contributed by atoms with Crippen molar-refractivity contribution in [3.8, 4) is 0 Å². The Morgan fingerprint density at radius 3 is 2.53 bits per heavy atom. The van der Waals surface area contributed by atoms with E-state index < -0.39 is 0 Å². The molecule has 1 aromatic rings. The van der Waals surface area contributed by atoms with E-state index in [1.165, 1.54) is 5.56 Å². The normalized spacial score (nSPS) is 18.7. The van der Waals surface area contributed by atoms with Gasteiger partial charge in [-0.1, -0.05) is 23.7 Å². The smallest absolute Gasteiger partial charge is 0.158 e. The van der Waals surface area contributed by atoms with Gasteiger partial charge in [0.05, 0.1) is 13.2 Å². The van der Waals surface area contributed by atoms with Crippen LogP contribution in [-0.2, 0) is 9.47 Å². The van der Waals surface area contributed by atoms with E-state index in [1.807, 2.05) is 12.1 Å². The lowest BCUT2D eigenvalue weighted by molar-refractivity contribution is -0.182. The van der Waals surface area contributed by atoms with E-state index in [0.717, 1.165) is 37.6 Å². The standard InChI is InChI=1S/C15H22ClNO2/c1-12(13-4-6-14(16)7-5-13)17(2)9-8-15-18-10-3-11-19-15/h4-7,12,15H,3,8-11H2,1-2H3. The van der Waals surface area contributed by atoms with Crippen LogP contribution in [0.1, 0.15) is 31.4 Å². The molecule has 1 heterocycles. The van der Waals surface area contributed by atoms with E-state index in [-0.39, 0.29) is 6.29 Å². The summed E-state index contributed by atoms with van der Waals surface area (Å²) in [5, 5.41) is 0.780. The third-order valence-electron chi connectivity index (χ3n) is 3.63. The fraction of sp³-hybridized carbons (Fsp3) is 0.600. The molecule has 1 aromatic carbocycles. The van der Waals surface area contributed by atoms with Crippen LogP contribution in [0.5, 0.6) is 0 Å². The fourth-order valence-electron chi connectivity index (χ4n) is 2.20. The van der Waals surface area contributed by atoms with Gasteiger partial charge in [-0.15, -0.1) is 0 Å². The van der Waals surface area contributed by atoms with Crippen molar-refractivity contribution in [2.75, 3.05) is 26.8 Å². The second-order valence-electron chi connectivity index (χ2n) is 5.02. The highest BCUT2D eigenvalue weighted by molar-refractivity contribution is 6.30. The summed E-state index contributed by atoms with van der Waals surface area (Å²) in [6.07, 6.45) is 1.88. The zero-order valence-corrected chi connectivity index (χ0v) is 12.4. The minimum atomic E-state index is -0.0337. The molecule has 2 rings (SSSR count). The summed E-state index contributed by atoms with van der Waals surface area (Å²) < 4.78 is 11.1. The Kier molecular flexibility index (Phi) is 5.64. The number of benzene rings is 1. The molecule has 0 saturated carbocycles. The lowest BCUT2D eigenvalue weighted by atomic mass is 10.1. The van der Waals surface area contributed by atoms with Crippen molar-refractivity contribution >= 4 is 11.6 Å². The lowest BCUT2D eigenvalue weighted by Crippen LogP contribution is -2.31. The first-order valence-electron chi connectivity index (χ1n) is 6.86. The predicted octanol–water partition coefficient (Wildman–Crippen LogP) is 3.49. The van der Waals surface area contributed by atoms with Crippen LogP contribution >= 0.6 is 11.6 Å². The van der Waals surface area contributed by atoms with E-state index in [2.05, 4.69) is 31.0 Å². The van der Waals surface area contributed by atoms with Crippen molar-refractivity contribution < 1.29 is 9.47 Å². The van der Waals surface area contributed by atoms with E-state index in [4.69, 9.17) is 21.1 Å². The zero-order chi connectivity index (χ0) is 13.7. The molecule has 1 unspecified atom stereocenters.